The van der Waals surface area contributed by atoms with Crippen LogP contribution in [0.25, 0.3) is 10.2 Å². The number of aromatic amines is 1. The van der Waals surface area contributed by atoms with E-state index in [0.29, 0.717) is 21.5 Å². The number of methoxy groups -OCH3 is 1. The molecule has 4 aromatic rings. The number of rotatable bonds is 9. The van der Waals surface area contributed by atoms with Gasteiger partial charge < -0.3 is 24.9 Å². The van der Waals surface area contributed by atoms with E-state index in [0.717, 1.165) is 11.1 Å². The average Bonchev–Trinajstić information content (AvgIpc) is 3.26. The summed E-state index contributed by atoms with van der Waals surface area (Å²) in [6.07, 6.45) is 0. The Balaban J connectivity index is 0.00000342. The fourth-order valence-electron chi connectivity index (χ4n) is 3.29. The van der Waals surface area contributed by atoms with Crippen molar-refractivity contribution >= 4 is 63.0 Å². The molecule has 2 aromatic carbocycles. The molecular weight excluding hydrogens is 481 g/mol. The molecule has 0 aliphatic rings. The number of carboxylic acids is 1. The van der Waals surface area contributed by atoms with Gasteiger partial charge in [0.2, 0.25) is 5.82 Å². The normalized spacial score (nSPS) is 10.5. The van der Waals surface area contributed by atoms with Gasteiger partial charge in [0, 0.05) is 12.1 Å². The first-order valence-electron chi connectivity index (χ1n) is 10.3. The third-order valence-electron chi connectivity index (χ3n) is 5.05. The van der Waals surface area contributed by atoms with Crippen molar-refractivity contribution in [3.63, 3.8) is 0 Å². The number of thiophene rings is 1. The number of carboxylic acid groups (broad SMARTS) is 1. The molecular formula is C24H22N3NaO6S. The van der Waals surface area contributed by atoms with Crippen LogP contribution < -0.4 is 15.6 Å². The summed E-state index contributed by atoms with van der Waals surface area (Å²) in [4.78, 5) is 43.5. The van der Waals surface area contributed by atoms with Gasteiger partial charge in [0.15, 0.2) is 0 Å². The molecule has 4 rings (SSSR count). The zero-order valence-corrected chi connectivity index (χ0v) is 19.0. The van der Waals surface area contributed by atoms with Crippen molar-refractivity contribution in [1.29, 1.82) is 0 Å². The third kappa shape index (κ3) is 6.56. The van der Waals surface area contributed by atoms with Gasteiger partial charge in [-0.3, -0.25) is 9.59 Å². The maximum absolute atomic E-state index is 12.7. The minimum atomic E-state index is -0.989. The molecule has 0 bridgehead atoms. The average molecular weight is 504 g/mol. The Morgan fingerprint density at radius 1 is 1.11 bits per heavy atom. The van der Waals surface area contributed by atoms with Crippen LogP contribution in [0, 0.1) is 0 Å². The van der Waals surface area contributed by atoms with E-state index >= 15 is 0 Å². The first-order chi connectivity index (χ1) is 16.4. The molecule has 3 N–H and O–H groups in total. The van der Waals surface area contributed by atoms with Gasteiger partial charge in [-0.15, -0.1) is 11.3 Å². The van der Waals surface area contributed by atoms with Gasteiger partial charge in [0.05, 0.1) is 31.3 Å². The van der Waals surface area contributed by atoms with E-state index in [4.69, 9.17) is 14.6 Å². The van der Waals surface area contributed by atoms with Crippen molar-refractivity contribution in [3.8, 4) is 5.75 Å². The number of benzene rings is 2. The number of ether oxygens (including phenoxy) is 2. The molecule has 2 heterocycles. The molecule has 0 saturated carbocycles. The number of hydrogen-bond acceptors (Lipinski definition) is 7. The monoisotopic (exact) mass is 503 g/mol. The summed E-state index contributed by atoms with van der Waals surface area (Å²) in [6, 6.07) is 13.7. The number of hydrogen-bond donors (Lipinski definition) is 3. The number of amides is 1. The predicted molar refractivity (Wildman–Crippen MR) is 133 cm³/mol. The summed E-state index contributed by atoms with van der Waals surface area (Å²) in [7, 11) is 1.57. The molecule has 2 aromatic heterocycles. The van der Waals surface area contributed by atoms with Crippen LogP contribution in [-0.4, -0.2) is 63.6 Å². The van der Waals surface area contributed by atoms with Gasteiger partial charge in [0.1, 0.15) is 10.6 Å². The Morgan fingerprint density at radius 3 is 2.60 bits per heavy atom. The van der Waals surface area contributed by atoms with Crippen LogP contribution in [0.1, 0.15) is 37.7 Å². The number of nitrogens with one attached hydrogen (secondary N) is 2. The van der Waals surface area contributed by atoms with Crippen LogP contribution >= 0.6 is 11.3 Å². The number of aromatic carboxylic acids is 1. The Kier molecular flexibility index (Phi) is 9.19. The molecule has 11 heteroatoms. The summed E-state index contributed by atoms with van der Waals surface area (Å²) < 4.78 is 10.9. The van der Waals surface area contributed by atoms with Crippen LogP contribution in [0.4, 0.5) is 0 Å². The molecule has 1 amide bonds. The maximum atomic E-state index is 12.7. The first kappa shape index (κ1) is 26.6. The molecule has 0 saturated heterocycles. The molecule has 0 fully saturated rings. The molecule has 176 valence electrons. The summed E-state index contributed by atoms with van der Waals surface area (Å²) >= 11 is 1.26. The Labute approximate surface area is 226 Å². The third-order valence-corrected chi connectivity index (χ3v) is 5.97. The second-order valence-electron chi connectivity index (χ2n) is 7.38. The van der Waals surface area contributed by atoms with E-state index in [-0.39, 0.29) is 60.7 Å². The molecule has 35 heavy (non-hydrogen) atoms. The Morgan fingerprint density at radius 2 is 1.89 bits per heavy atom. The SMILES string of the molecule is COc1cccc(CNC(=O)c2nc3scc(COCc4ccc(C(=O)O)cc4)c3c(=O)[nH]2)c1.[NaH]. The standard InChI is InChI=1S/C24H21N3O6S.Na.H/c1-32-18-4-2-3-15(9-18)10-25-22(29)20-26-21(28)19-17(13-34-23(19)27-20)12-33-11-14-5-7-16(8-6-14)24(30)31;;/h2-9,13H,10-12H2,1H3,(H,25,29)(H,30,31)(H,26,27,28);;. The van der Waals surface area contributed by atoms with Crippen molar-refractivity contribution < 1.29 is 24.2 Å². The van der Waals surface area contributed by atoms with E-state index in [2.05, 4.69) is 15.3 Å². The van der Waals surface area contributed by atoms with Crippen LogP contribution in [0.3, 0.4) is 0 Å². The zero-order chi connectivity index (χ0) is 24.1. The number of carbonyl (C=O) groups excluding carboxylic acids is 1. The molecule has 0 radical (unpaired) electrons. The van der Waals surface area contributed by atoms with Crippen LogP contribution in [0.5, 0.6) is 5.75 Å². The second-order valence-corrected chi connectivity index (χ2v) is 8.24. The molecule has 0 aliphatic carbocycles. The fraction of sp³-hybridized carbons (Fsp3) is 0.167. The second kappa shape index (κ2) is 12.1. The number of nitrogens with zero attached hydrogens (tertiary/aromatic N) is 1. The van der Waals surface area contributed by atoms with E-state index < -0.39 is 17.4 Å². The number of fused-ring (bicyclic) bond motifs is 1. The molecule has 0 unspecified atom stereocenters. The molecule has 9 nitrogen and oxygen atoms in total. The van der Waals surface area contributed by atoms with Crippen molar-refractivity contribution in [1.82, 2.24) is 15.3 Å². The minimum absolute atomic E-state index is 0. The van der Waals surface area contributed by atoms with Crippen LogP contribution in [-0.2, 0) is 24.5 Å². The fourth-order valence-corrected chi connectivity index (χ4v) is 4.22. The topological polar surface area (TPSA) is 131 Å². The summed E-state index contributed by atoms with van der Waals surface area (Å²) in [5, 5.41) is 13.9. The van der Waals surface area contributed by atoms with Crippen molar-refractivity contribution in [2.75, 3.05) is 7.11 Å². The number of aromatic nitrogens is 2. The summed E-state index contributed by atoms with van der Waals surface area (Å²) in [6.45, 7) is 0.689. The summed E-state index contributed by atoms with van der Waals surface area (Å²) in [5.41, 5.74) is 2.12. The Hall–Kier alpha value is -3.02. The quantitative estimate of drug-likeness (QED) is 0.299. The number of H-pyrrole nitrogens is 1. The van der Waals surface area contributed by atoms with Gasteiger partial charge in [-0.05, 0) is 40.8 Å². The van der Waals surface area contributed by atoms with Gasteiger partial charge >= 0.3 is 35.5 Å². The molecule has 0 spiro atoms. The van der Waals surface area contributed by atoms with E-state index in [1.807, 2.05) is 24.3 Å². The van der Waals surface area contributed by atoms with Crippen molar-refractivity contribution in [2.45, 2.75) is 19.8 Å². The number of carbonyl (C=O) groups is 2. The van der Waals surface area contributed by atoms with Crippen LogP contribution in [0.15, 0.2) is 58.7 Å². The van der Waals surface area contributed by atoms with Crippen molar-refractivity contribution in [3.05, 3.63) is 92.3 Å². The Bertz CT molecular complexity index is 1400. The van der Waals surface area contributed by atoms with E-state index in [1.54, 1.807) is 24.6 Å². The van der Waals surface area contributed by atoms with Gasteiger partial charge in [-0.2, -0.15) is 0 Å². The van der Waals surface area contributed by atoms with E-state index in [1.165, 1.54) is 23.5 Å². The molecule has 0 aliphatic heterocycles. The predicted octanol–water partition coefficient (Wildman–Crippen LogP) is 2.69. The van der Waals surface area contributed by atoms with Gasteiger partial charge in [0.25, 0.3) is 11.5 Å². The molecule has 0 atom stereocenters. The van der Waals surface area contributed by atoms with Crippen LogP contribution in [0.2, 0.25) is 0 Å². The van der Waals surface area contributed by atoms with Gasteiger partial charge in [-0.25, -0.2) is 9.78 Å². The van der Waals surface area contributed by atoms with E-state index in [9.17, 15) is 14.4 Å². The summed E-state index contributed by atoms with van der Waals surface area (Å²) in [5.74, 6) is -0.853. The zero-order valence-electron chi connectivity index (χ0n) is 18.2. The first-order valence-corrected chi connectivity index (χ1v) is 11.1. The van der Waals surface area contributed by atoms with Gasteiger partial charge in [-0.1, -0.05) is 24.3 Å². The van der Waals surface area contributed by atoms with Crippen molar-refractivity contribution in [2.24, 2.45) is 0 Å².